The van der Waals surface area contributed by atoms with E-state index in [-0.39, 0.29) is 36.1 Å². The van der Waals surface area contributed by atoms with Crippen molar-refractivity contribution in [2.24, 2.45) is 11.5 Å². The fourth-order valence-electron chi connectivity index (χ4n) is 1.46. The zero-order chi connectivity index (χ0) is 16.6. The van der Waals surface area contributed by atoms with E-state index >= 15 is 0 Å². The molecule has 1 amide bonds. The van der Waals surface area contributed by atoms with Crippen molar-refractivity contribution in [3.63, 3.8) is 0 Å². The molecule has 0 aromatic heterocycles. The second kappa shape index (κ2) is 8.97. The summed E-state index contributed by atoms with van der Waals surface area (Å²) in [6.45, 7) is 0.150. The largest absolute Gasteiger partial charge is 0.480 e. The summed E-state index contributed by atoms with van der Waals surface area (Å²) in [5, 5.41) is 28.3. The molecule has 2 unspecified atom stereocenters. The first kappa shape index (κ1) is 18.9. The van der Waals surface area contributed by atoms with Gasteiger partial charge in [-0.2, -0.15) is 12.6 Å². The van der Waals surface area contributed by atoms with Crippen molar-refractivity contribution in [2.75, 3.05) is 12.3 Å². The third-order valence-corrected chi connectivity index (χ3v) is 2.86. The van der Waals surface area contributed by atoms with Crippen molar-refractivity contribution in [2.45, 2.75) is 24.9 Å². The Hall–Kier alpha value is -2.08. The monoisotopic (exact) mass is 322 g/mol. The number of aliphatic carboxylic acids is 1. The predicted molar refractivity (Wildman–Crippen MR) is 76.2 cm³/mol. The highest BCUT2D eigenvalue weighted by molar-refractivity contribution is 7.80. The van der Waals surface area contributed by atoms with Crippen LogP contribution >= 0.6 is 12.6 Å². The summed E-state index contributed by atoms with van der Waals surface area (Å²) in [6, 6.07) is -2.93. The van der Waals surface area contributed by atoms with Crippen LogP contribution in [0, 0.1) is 15.5 Å². The summed E-state index contributed by atoms with van der Waals surface area (Å²) in [7, 11) is 0. The van der Waals surface area contributed by atoms with E-state index in [2.05, 4.69) is 17.9 Å². The van der Waals surface area contributed by atoms with Crippen molar-refractivity contribution >= 4 is 30.5 Å². The van der Waals surface area contributed by atoms with Crippen LogP contribution in [-0.2, 0) is 9.59 Å². The van der Waals surface area contributed by atoms with E-state index in [9.17, 15) is 19.7 Å². The van der Waals surface area contributed by atoms with Crippen LogP contribution in [0.4, 0.5) is 0 Å². The molecule has 0 aromatic carbocycles. The summed E-state index contributed by atoms with van der Waals surface area (Å²) in [4.78, 5) is 33.9. The van der Waals surface area contributed by atoms with Crippen molar-refractivity contribution in [3.8, 4) is 0 Å². The van der Waals surface area contributed by atoms with Gasteiger partial charge in [0.2, 0.25) is 0 Å². The highest BCUT2D eigenvalue weighted by Crippen LogP contribution is 2.10. The maximum absolute atomic E-state index is 11.8. The number of nitrogens with zero attached hydrogens (tertiary/aromatic N) is 2. The Bertz CT molecular complexity index is 419. The number of nitrogens with one attached hydrogen (secondary N) is 2. The minimum absolute atomic E-state index is 0.0109. The first-order valence-electron chi connectivity index (χ1n) is 5.86. The average molecular weight is 322 g/mol. The normalized spacial score (nSPS) is 13.0. The lowest BCUT2D eigenvalue weighted by molar-refractivity contribution is -0.640. The molecule has 0 saturated carbocycles. The fraction of sp³-hybridized carbons (Fsp3) is 0.667. The number of guanidine groups is 1. The van der Waals surface area contributed by atoms with Crippen LogP contribution in [0.25, 0.3) is 0 Å². The number of thiol groups is 1. The lowest BCUT2D eigenvalue weighted by atomic mass is 10.1. The van der Waals surface area contributed by atoms with Gasteiger partial charge in [-0.25, -0.2) is 14.9 Å². The molecule has 0 fully saturated rings. The Morgan fingerprint density at radius 2 is 2.10 bits per heavy atom. The highest BCUT2D eigenvalue weighted by Gasteiger charge is 2.40. The van der Waals surface area contributed by atoms with Gasteiger partial charge in [0.15, 0.2) is 17.0 Å². The third-order valence-electron chi connectivity index (χ3n) is 2.47. The lowest BCUT2D eigenvalue weighted by Crippen LogP contribution is -2.54. The van der Waals surface area contributed by atoms with Crippen LogP contribution in [0.3, 0.4) is 0 Å². The molecule has 11 nitrogen and oxygen atoms in total. The molecule has 0 aliphatic rings. The molecule has 0 aromatic rings. The van der Waals surface area contributed by atoms with E-state index in [1.54, 1.807) is 0 Å². The summed E-state index contributed by atoms with van der Waals surface area (Å²) < 4.78 is 0. The standard InChI is InChI=1S/C9H18N6O5S/c10-5(4-21)7(16)14(15(19)20)6(8(17)18)2-1-3-13-9(11)12/h5-6,21H,1-4,10H2,(H,17,18)(H4,11,12,13). The Balaban J connectivity index is 4.92. The van der Waals surface area contributed by atoms with Crippen molar-refractivity contribution in [3.05, 3.63) is 10.1 Å². The van der Waals surface area contributed by atoms with Gasteiger partial charge >= 0.3 is 11.9 Å². The molecule has 0 rings (SSSR count). The van der Waals surface area contributed by atoms with Gasteiger partial charge in [-0.05, 0) is 17.9 Å². The number of carbonyl (C=O) groups excluding carboxylic acids is 1. The van der Waals surface area contributed by atoms with Crippen LogP contribution in [0.5, 0.6) is 0 Å². The zero-order valence-electron chi connectivity index (χ0n) is 11.1. The molecule has 0 heterocycles. The van der Waals surface area contributed by atoms with E-state index < -0.39 is 29.0 Å². The number of nitrogens with two attached hydrogens (primary N) is 2. The van der Waals surface area contributed by atoms with Crippen LogP contribution in [0.15, 0.2) is 0 Å². The minimum Gasteiger partial charge on any atom is -0.480 e. The molecule has 7 N–H and O–H groups in total. The number of hydrazine groups is 1. The van der Waals surface area contributed by atoms with Crippen LogP contribution in [0.2, 0.25) is 0 Å². The molecular weight excluding hydrogens is 304 g/mol. The topological polar surface area (TPSA) is 189 Å². The Labute approximate surface area is 125 Å². The van der Waals surface area contributed by atoms with Gasteiger partial charge in [0.05, 0.1) is 6.04 Å². The number of carboxylic acid groups (broad SMARTS) is 1. The van der Waals surface area contributed by atoms with Gasteiger partial charge in [0.25, 0.3) is 0 Å². The summed E-state index contributed by atoms with van der Waals surface area (Å²) >= 11 is 3.76. The number of hydrogen-bond donors (Lipinski definition) is 6. The average Bonchev–Trinajstić information content (AvgIpc) is 2.39. The summed E-state index contributed by atoms with van der Waals surface area (Å²) in [5.41, 5.74) is 10.4. The van der Waals surface area contributed by atoms with Crippen LogP contribution < -0.4 is 16.8 Å². The van der Waals surface area contributed by atoms with Gasteiger partial charge in [0, 0.05) is 12.3 Å². The number of nitro groups is 1. The third kappa shape index (κ3) is 6.27. The molecule has 0 saturated heterocycles. The van der Waals surface area contributed by atoms with Gasteiger partial charge in [-0.3, -0.25) is 10.2 Å². The molecular formula is C9H18N6O5S. The Morgan fingerprint density at radius 1 is 1.52 bits per heavy atom. The fourth-order valence-corrected chi connectivity index (χ4v) is 1.62. The maximum atomic E-state index is 11.8. The van der Waals surface area contributed by atoms with Crippen molar-refractivity contribution < 1.29 is 19.7 Å². The van der Waals surface area contributed by atoms with E-state index in [4.69, 9.17) is 22.0 Å². The Morgan fingerprint density at radius 3 is 2.48 bits per heavy atom. The first-order chi connectivity index (χ1) is 9.72. The molecule has 12 heteroatoms. The first-order valence-corrected chi connectivity index (χ1v) is 6.50. The molecule has 0 radical (unpaired) electrons. The van der Waals surface area contributed by atoms with Gasteiger partial charge in [0.1, 0.15) is 0 Å². The minimum atomic E-state index is -1.66. The van der Waals surface area contributed by atoms with Crippen molar-refractivity contribution in [1.29, 1.82) is 5.41 Å². The predicted octanol–water partition coefficient (Wildman–Crippen LogP) is -2.02. The quantitative estimate of drug-likeness (QED) is 0.0700. The molecule has 0 bridgehead atoms. The zero-order valence-corrected chi connectivity index (χ0v) is 12.0. The van der Waals surface area contributed by atoms with Gasteiger partial charge in [-0.1, -0.05) is 0 Å². The maximum Gasteiger partial charge on any atom is 0.332 e. The van der Waals surface area contributed by atoms with Gasteiger partial charge < -0.3 is 21.9 Å². The SMILES string of the molecule is N=C(N)NCCCC(C(=O)O)N(C(=O)C(N)CS)[N+](=O)[O-]. The highest BCUT2D eigenvalue weighted by atomic mass is 32.1. The lowest BCUT2D eigenvalue weighted by Gasteiger charge is -2.21. The molecule has 120 valence electrons. The number of carbonyl (C=O) groups is 2. The second-order valence-electron chi connectivity index (χ2n) is 4.05. The summed E-state index contributed by atoms with van der Waals surface area (Å²) in [6.07, 6.45) is -0.0358. The summed E-state index contributed by atoms with van der Waals surface area (Å²) in [5.74, 6) is -3.10. The van der Waals surface area contributed by atoms with Gasteiger partial charge in [-0.15, -0.1) is 0 Å². The van der Waals surface area contributed by atoms with Crippen molar-refractivity contribution in [1.82, 2.24) is 10.3 Å². The molecule has 0 aliphatic heterocycles. The smallest absolute Gasteiger partial charge is 0.332 e. The van der Waals surface area contributed by atoms with E-state index in [0.717, 1.165) is 0 Å². The van der Waals surface area contributed by atoms with E-state index in [0.29, 0.717) is 0 Å². The molecule has 0 aliphatic carbocycles. The molecule has 0 spiro atoms. The number of hydrogen-bond acceptors (Lipinski definition) is 7. The number of amides is 1. The molecule has 2 atom stereocenters. The Kier molecular flexibility index (Phi) is 8.08. The number of carboxylic acids is 1. The van der Waals surface area contributed by atoms with E-state index in [1.807, 2.05) is 0 Å². The van der Waals surface area contributed by atoms with E-state index in [1.165, 1.54) is 0 Å². The van der Waals surface area contributed by atoms with Crippen LogP contribution in [0.1, 0.15) is 12.8 Å². The van der Waals surface area contributed by atoms with Crippen LogP contribution in [-0.4, -0.2) is 57.4 Å². The number of rotatable bonds is 9. The second-order valence-corrected chi connectivity index (χ2v) is 4.41. The molecule has 21 heavy (non-hydrogen) atoms.